The van der Waals surface area contributed by atoms with Gasteiger partial charge in [0.1, 0.15) is 5.75 Å². The van der Waals surface area contributed by atoms with Crippen LogP contribution in [-0.2, 0) is 0 Å². The van der Waals surface area contributed by atoms with Crippen molar-refractivity contribution < 1.29 is 19.3 Å². The largest absolute Gasteiger partial charge is 0.507 e. The molecule has 0 unspecified atom stereocenters. The molecule has 94 valence electrons. The molecule has 0 aliphatic heterocycles. The number of para-hydroxylation sites is 1. The van der Waals surface area contributed by atoms with E-state index >= 15 is 0 Å². The van der Waals surface area contributed by atoms with Gasteiger partial charge in [-0.05, 0) is 12.1 Å². The van der Waals surface area contributed by atoms with Crippen LogP contribution in [0.5, 0.6) is 11.7 Å². The summed E-state index contributed by atoms with van der Waals surface area (Å²) in [6.07, 6.45) is 0. The highest BCUT2D eigenvalue weighted by atomic mass is 16.8. The van der Waals surface area contributed by atoms with Crippen LogP contribution in [0, 0.1) is 0 Å². The lowest BCUT2D eigenvalue weighted by Crippen LogP contribution is -2.12. The number of rotatable bonds is 2. The van der Waals surface area contributed by atoms with Crippen LogP contribution in [0.15, 0.2) is 56.3 Å². The van der Waals surface area contributed by atoms with Gasteiger partial charge in [-0.15, -0.1) is 0 Å². The number of nitrogens with one attached hydrogen (secondary N) is 1. The Labute approximate surface area is 101 Å². The van der Waals surface area contributed by atoms with E-state index in [0.29, 0.717) is 10.7 Å². The van der Waals surface area contributed by atoms with Crippen LogP contribution >= 0.6 is 0 Å². The third-order valence-corrected chi connectivity index (χ3v) is 1.88. The molecule has 2 aromatic rings. The van der Waals surface area contributed by atoms with Gasteiger partial charge in [0, 0.05) is 0 Å². The van der Waals surface area contributed by atoms with Crippen molar-refractivity contribution >= 4 is 5.69 Å². The van der Waals surface area contributed by atoms with Crippen molar-refractivity contribution in [2.75, 3.05) is 5.43 Å². The highest BCUT2D eigenvalue weighted by Crippen LogP contribution is 2.12. The maximum atomic E-state index is 11.2. The summed E-state index contributed by atoms with van der Waals surface area (Å²) < 4.78 is 9.39. The molecule has 0 fully saturated rings. The maximum absolute atomic E-state index is 11.2. The minimum absolute atomic E-state index is 0.475. The van der Waals surface area contributed by atoms with E-state index in [1.54, 1.807) is 24.3 Å². The van der Waals surface area contributed by atoms with E-state index in [9.17, 15) is 9.90 Å². The van der Waals surface area contributed by atoms with Crippen molar-refractivity contribution in [3.63, 3.8) is 0 Å². The molecule has 7 nitrogen and oxygen atoms in total. The quantitative estimate of drug-likeness (QED) is 0.745. The Hall–Kier alpha value is -2.83. The minimum Gasteiger partial charge on any atom is -0.507 e. The molecule has 1 heterocycles. The van der Waals surface area contributed by atoms with Gasteiger partial charge in [0.15, 0.2) is 0 Å². The SMILES string of the molecule is O=c1cc(O)cc(O)on(Nc2ccccc2)o1. The molecule has 0 aliphatic rings. The molecular weight excluding hydrogens is 240 g/mol. The first-order chi connectivity index (χ1) is 8.63. The molecule has 2 rings (SSSR count). The smallest absolute Gasteiger partial charge is 0.365 e. The van der Waals surface area contributed by atoms with Crippen LogP contribution in [0.25, 0.3) is 0 Å². The van der Waals surface area contributed by atoms with Crippen molar-refractivity contribution in [3.05, 3.63) is 52.9 Å². The summed E-state index contributed by atoms with van der Waals surface area (Å²) in [5.74, 6) is -1.11. The van der Waals surface area contributed by atoms with E-state index in [1.807, 2.05) is 6.07 Å². The van der Waals surface area contributed by atoms with Gasteiger partial charge in [-0.1, -0.05) is 18.2 Å². The molecule has 18 heavy (non-hydrogen) atoms. The number of aromatic nitrogens is 1. The zero-order valence-corrected chi connectivity index (χ0v) is 9.11. The van der Waals surface area contributed by atoms with Gasteiger partial charge in [0.25, 0.3) is 0 Å². The van der Waals surface area contributed by atoms with Crippen LogP contribution in [0.4, 0.5) is 5.69 Å². The minimum atomic E-state index is -0.861. The van der Waals surface area contributed by atoms with Crippen molar-refractivity contribution in [2.45, 2.75) is 0 Å². The highest BCUT2D eigenvalue weighted by Gasteiger charge is 1.98. The summed E-state index contributed by atoms with van der Waals surface area (Å²) in [6, 6.07) is 10.4. The summed E-state index contributed by atoms with van der Waals surface area (Å²) in [6.45, 7) is 0. The molecule has 7 heteroatoms. The highest BCUT2D eigenvalue weighted by molar-refractivity contribution is 5.41. The summed E-state index contributed by atoms with van der Waals surface area (Å²) in [7, 11) is 0. The van der Waals surface area contributed by atoms with Gasteiger partial charge < -0.3 is 10.2 Å². The molecule has 0 radical (unpaired) electrons. The predicted molar refractivity (Wildman–Crippen MR) is 61.7 cm³/mol. The molecule has 0 spiro atoms. The molecule has 0 bridgehead atoms. The van der Waals surface area contributed by atoms with E-state index in [0.717, 1.165) is 12.1 Å². The monoisotopic (exact) mass is 250 g/mol. The lowest BCUT2D eigenvalue weighted by Gasteiger charge is -2.04. The van der Waals surface area contributed by atoms with Crippen molar-refractivity contribution in [1.82, 2.24) is 5.02 Å². The third kappa shape index (κ3) is 3.08. The molecule has 3 N–H and O–H groups in total. The van der Waals surface area contributed by atoms with E-state index in [1.165, 1.54) is 0 Å². The standard InChI is InChI=1S/C11H10N2O5/c14-9-6-10(15)17-13(18-11(16)7-9)12-8-4-2-1-3-5-8/h1-7,12,14-15H. The first-order valence-corrected chi connectivity index (χ1v) is 4.96. The van der Waals surface area contributed by atoms with Crippen LogP contribution in [0.3, 0.4) is 0 Å². The van der Waals surface area contributed by atoms with Crippen LogP contribution in [0.2, 0.25) is 0 Å². The van der Waals surface area contributed by atoms with Crippen molar-refractivity contribution in [3.8, 4) is 11.7 Å². The summed E-state index contributed by atoms with van der Waals surface area (Å²) in [4.78, 5) is 11.2. The van der Waals surface area contributed by atoms with E-state index < -0.39 is 17.3 Å². The lowest BCUT2D eigenvalue weighted by atomic mass is 10.3. The fourth-order valence-electron chi connectivity index (χ4n) is 1.19. The summed E-state index contributed by atoms with van der Waals surface area (Å²) in [5.41, 5.74) is 2.30. The average molecular weight is 250 g/mol. The Balaban J connectivity index is 2.43. The second kappa shape index (κ2) is 5.00. The fraction of sp³-hybridized carbons (Fsp3) is 0. The first-order valence-electron chi connectivity index (χ1n) is 4.96. The second-order valence-electron chi connectivity index (χ2n) is 3.29. The molecule has 1 aromatic carbocycles. The summed E-state index contributed by atoms with van der Waals surface area (Å²) in [5, 5.41) is 19.0. The van der Waals surface area contributed by atoms with Crippen LogP contribution in [0.1, 0.15) is 0 Å². The van der Waals surface area contributed by atoms with Crippen molar-refractivity contribution in [2.24, 2.45) is 0 Å². The lowest BCUT2D eigenvalue weighted by molar-refractivity contribution is 0.0561. The maximum Gasteiger partial charge on any atom is 0.365 e. The number of hydrogen-bond acceptors (Lipinski definition) is 6. The Morgan fingerprint density at radius 2 is 1.78 bits per heavy atom. The van der Waals surface area contributed by atoms with E-state index in [2.05, 4.69) is 9.95 Å². The Bertz CT molecular complexity index is 625. The van der Waals surface area contributed by atoms with E-state index in [4.69, 9.17) is 9.63 Å². The Kier molecular flexibility index (Phi) is 3.24. The van der Waals surface area contributed by atoms with E-state index in [-0.39, 0.29) is 0 Å². The predicted octanol–water partition coefficient (Wildman–Crippen LogP) is 1.45. The molecule has 1 aromatic heterocycles. The number of aromatic hydroxyl groups is 2. The van der Waals surface area contributed by atoms with Crippen LogP contribution < -0.4 is 11.1 Å². The van der Waals surface area contributed by atoms with Gasteiger partial charge in [-0.2, -0.15) is 0 Å². The van der Waals surface area contributed by atoms with Crippen molar-refractivity contribution in [1.29, 1.82) is 0 Å². The topological polar surface area (TPSA) is 101 Å². The fourth-order valence-corrected chi connectivity index (χ4v) is 1.19. The second-order valence-corrected chi connectivity index (χ2v) is 3.29. The zero-order chi connectivity index (χ0) is 13.0. The number of anilines is 1. The van der Waals surface area contributed by atoms with Gasteiger partial charge >= 0.3 is 11.6 Å². The van der Waals surface area contributed by atoms with Gasteiger partial charge in [0.05, 0.1) is 22.8 Å². The normalized spacial score (nSPS) is 9.78. The molecule has 0 saturated carbocycles. The number of benzene rings is 1. The zero-order valence-electron chi connectivity index (χ0n) is 9.11. The first kappa shape index (κ1) is 11.6. The number of nitrogens with zero attached hydrogens (tertiary/aromatic N) is 1. The van der Waals surface area contributed by atoms with Gasteiger partial charge in [-0.3, -0.25) is 9.05 Å². The molecular formula is C11H10N2O5. The summed E-state index contributed by atoms with van der Waals surface area (Å²) >= 11 is 0. The van der Waals surface area contributed by atoms with Crippen LogP contribution in [-0.4, -0.2) is 15.2 Å². The molecule has 0 saturated heterocycles. The van der Waals surface area contributed by atoms with Gasteiger partial charge in [-0.25, -0.2) is 10.2 Å². The molecule has 0 atom stereocenters. The third-order valence-electron chi connectivity index (χ3n) is 1.88. The number of hydrogen-bond donors (Lipinski definition) is 3. The van der Waals surface area contributed by atoms with Gasteiger partial charge in [0.2, 0.25) is 0 Å². The Morgan fingerprint density at radius 3 is 2.50 bits per heavy atom. The Morgan fingerprint density at radius 1 is 1.06 bits per heavy atom. The molecule has 0 amide bonds. The average Bonchev–Trinajstić information content (AvgIpc) is 2.27. The molecule has 0 aliphatic carbocycles.